The van der Waals surface area contributed by atoms with Crippen molar-refractivity contribution in [2.75, 3.05) is 0 Å². The van der Waals surface area contributed by atoms with E-state index in [0.717, 1.165) is 0 Å². The Balaban J connectivity index is 2.48. The molecule has 1 aromatic heterocycles. The molecule has 72 valence electrons. The van der Waals surface area contributed by atoms with Crippen LogP contribution in [0.2, 0.25) is 0 Å². The maximum atomic E-state index is 5.63. The van der Waals surface area contributed by atoms with Gasteiger partial charge in [-0.2, -0.15) is 0 Å². The molecule has 0 unspecified atom stereocenters. The first-order valence-electron chi connectivity index (χ1n) is 4.73. The van der Waals surface area contributed by atoms with Gasteiger partial charge in [0.05, 0.1) is 0 Å². The molecular weight excluding hydrogens is 172 g/mol. The van der Waals surface area contributed by atoms with Crippen LogP contribution in [-0.2, 0) is 6.54 Å². The second-order valence-corrected chi connectivity index (χ2v) is 3.47. The first kappa shape index (κ1) is 9.03. The van der Waals surface area contributed by atoms with E-state index < -0.39 is 0 Å². The lowest BCUT2D eigenvalue weighted by molar-refractivity contribution is 1.03. The molecule has 1 heterocycles. The molecule has 0 fully saturated rings. The second kappa shape index (κ2) is 3.68. The van der Waals surface area contributed by atoms with E-state index in [0.29, 0.717) is 6.54 Å². The maximum absolute atomic E-state index is 5.63. The molecular formula is C12H14N2. The normalized spacial score (nSPS) is 10.4. The Bertz CT molecular complexity index is 416. The molecule has 0 spiro atoms. The highest BCUT2D eigenvalue weighted by Crippen LogP contribution is 2.13. The Kier molecular flexibility index (Phi) is 2.37. The SMILES string of the molecule is Cc1cc(CN)cc(-n2cccc2)c1. The predicted octanol–water partition coefficient (Wildman–Crippen LogP) is 2.24. The van der Waals surface area contributed by atoms with E-state index in [1.54, 1.807) is 0 Å². The third-order valence-electron chi connectivity index (χ3n) is 2.26. The molecule has 0 bridgehead atoms. The average Bonchev–Trinajstić information content (AvgIpc) is 2.69. The first-order valence-corrected chi connectivity index (χ1v) is 4.73. The van der Waals surface area contributed by atoms with E-state index in [-0.39, 0.29) is 0 Å². The van der Waals surface area contributed by atoms with Crippen LogP contribution in [0.5, 0.6) is 0 Å². The standard InChI is InChI=1S/C12H14N2/c1-10-6-11(9-13)8-12(7-10)14-4-2-3-5-14/h2-8H,9,13H2,1H3. The minimum atomic E-state index is 0.593. The molecule has 1 aromatic carbocycles. The van der Waals surface area contributed by atoms with Gasteiger partial charge in [0.15, 0.2) is 0 Å². The summed E-state index contributed by atoms with van der Waals surface area (Å²) >= 11 is 0. The van der Waals surface area contributed by atoms with Gasteiger partial charge in [0.1, 0.15) is 0 Å². The number of aryl methyl sites for hydroxylation is 1. The highest BCUT2D eigenvalue weighted by Gasteiger charge is 1.98. The fraction of sp³-hybridized carbons (Fsp3) is 0.167. The van der Waals surface area contributed by atoms with Gasteiger partial charge >= 0.3 is 0 Å². The summed E-state index contributed by atoms with van der Waals surface area (Å²) in [6.45, 7) is 2.68. The van der Waals surface area contributed by atoms with Crippen molar-refractivity contribution in [1.82, 2.24) is 4.57 Å². The smallest absolute Gasteiger partial charge is 0.0455 e. The number of nitrogens with zero attached hydrogens (tertiary/aromatic N) is 1. The lowest BCUT2D eigenvalue weighted by atomic mass is 10.1. The summed E-state index contributed by atoms with van der Waals surface area (Å²) in [5, 5.41) is 0. The van der Waals surface area contributed by atoms with Crippen molar-refractivity contribution in [2.24, 2.45) is 5.73 Å². The van der Waals surface area contributed by atoms with Crippen LogP contribution in [0.4, 0.5) is 0 Å². The fourth-order valence-electron chi connectivity index (χ4n) is 1.61. The van der Waals surface area contributed by atoms with Crippen LogP contribution in [0.1, 0.15) is 11.1 Å². The largest absolute Gasteiger partial charge is 0.326 e. The highest BCUT2D eigenvalue weighted by molar-refractivity contribution is 5.40. The molecule has 0 aliphatic heterocycles. The molecule has 0 aliphatic carbocycles. The van der Waals surface area contributed by atoms with E-state index in [4.69, 9.17) is 5.73 Å². The van der Waals surface area contributed by atoms with Crippen LogP contribution in [0.3, 0.4) is 0 Å². The van der Waals surface area contributed by atoms with Gasteiger partial charge in [0.25, 0.3) is 0 Å². The molecule has 2 heteroatoms. The summed E-state index contributed by atoms with van der Waals surface area (Å²) in [5.74, 6) is 0. The van der Waals surface area contributed by atoms with Crippen molar-refractivity contribution in [3.63, 3.8) is 0 Å². The molecule has 0 saturated carbocycles. The zero-order valence-corrected chi connectivity index (χ0v) is 8.27. The van der Waals surface area contributed by atoms with Gasteiger partial charge in [-0.05, 0) is 42.3 Å². The average molecular weight is 186 g/mol. The first-order chi connectivity index (χ1) is 6.79. The Morgan fingerprint density at radius 3 is 2.50 bits per heavy atom. The molecule has 2 rings (SSSR count). The molecule has 0 atom stereocenters. The molecule has 2 nitrogen and oxygen atoms in total. The predicted molar refractivity (Wildman–Crippen MR) is 58.4 cm³/mol. The quantitative estimate of drug-likeness (QED) is 0.766. The monoisotopic (exact) mass is 186 g/mol. The number of hydrogen-bond acceptors (Lipinski definition) is 1. The zero-order valence-electron chi connectivity index (χ0n) is 8.27. The second-order valence-electron chi connectivity index (χ2n) is 3.47. The maximum Gasteiger partial charge on any atom is 0.0455 e. The molecule has 14 heavy (non-hydrogen) atoms. The number of rotatable bonds is 2. The Morgan fingerprint density at radius 1 is 1.14 bits per heavy atom. The minimum Gasteiger partial charge on any atom is -0.326 e. The topological polar surface area (TPSA) is 30.9 Å². The van der Waals surface area contributed by atoms with E-state index in [2.05, 4.69) is 29.7 Å². The van der Waals surface area contributed by atoms with Gasteiger partial charge in [-0.15, -0.1) is 0 Å². The van der Waals surface area contributed by atoms with Crippen molar-refractivity contribution in [1.29, 1.82) is 0 Å². The third kappa shape index (κ3) is 1.70. The molecule has 0 aliphatic rings. The Hall–Kier alpha value is -1.54. The number of aromatic nitrogens is 1. The van der Waals surface area contributed by atoms with Crippen molar-refractivity contribution in [3.8, 4) is 5.69 Å². The van der Waals surface area contributed by atoms with Crippen molar-refractivity contribution in [2.45, 2.75) is 13.5 Å². The Morgan fingerprint density at radius 2 is 1.86 bits per heavy atom. The molecule has 2 N–H and O–H groups in total. The van der Waals surface area contributed by atoms with Gasteiger partial charge < -0.3 is 10.3 Å². The van der Waals surface area contributed by atoms with E-state index >= 15 is 0 Å². The van der Waals surface area contributed by atoms with Gasteiger partial charge in [0, 0.05) is 24.6 Å². The summed E-state index contributed by atoms with van der Waals surface area (Å²) in [4.78, 5) is 0. The van der Waals surface area contributed by atoms with Crippen molar-refractivity contribution >= 4 is 0 Å². The number of nitrogens with two attached hydrogens (primary N) is 1. The van der Waals surface area contributed by atoms with E-state index in [1.807, 2.05) is 24.5 Å². The summed E-state index contributed by atoms with van der Waals surface area (Å²) < 4.78 is 2.09. The number of benzene rings is 1. The van der Waals surface area contributed by atoms with E-state index in [1.165, 1.54) is 16.8 Å². The molecule has 0 amide bonds. The van der Waals surface area contributed by atoms with Crippen LogP contribution < -0.4 is 5.73 Å². The van der Waals surface area contributed by atoms with Crippen LogP contribution in [0.25, 0.3) is 5.69 Å². The van der Waals surface area contributed by atoms with Crippen LogP contribution in [0, 0.1) is 6.92 Å². The zero-order chi connectivity index (χ0) is 9.97. The highest BCUT2D eigenvalue weighted by atomic mass is 14.9. The Labute approximate surface area is 84.0 Å². The van der Waals surface area contributed by atoms with Crippen molar-refractivity contribution in [3.05, 3.63) is 53.9 Å². The minimum absolute atomic E-state index is 0.593. The van der Waals surface area contributed by atoms with Crippen molar-refractivity contribution < 1.29 is 0 Å². The van der Waals surface area contributed by atoms with Crippen LogP contribution >= 0.6 is 0 Å². The fourth-order valence-corrected chi connectivity index (χ4v) is 1.61. The van der Waals surface area contributed by atoms with Gasteiger partial charge in [-0.1, -0.05) is 6.07 Å². The summed E-state index contributed by atoms with van der Waals surface area (Å²) in [5.41, 5.74) is 9.23. The molecule has 2 aromatic rings. The van der Waals surface area contributed by atoms with E-state index in [9.17, 15) is 0 Å². The summed E-state index contributed by atoms with van der Waals surface area (Å²) in [6, 6.07) is 10.4. The van der Waals surface area contributed by atoms with Gasteiger partial charge in [-0.25, -0.2) is 0 Å². The molecule has 0 radical (unpaired) electrons. The lowest BCUT2D eigenvalue weighted by Crippen LogP contribution is -1.99. The molecule has 0 saturated heterocycles. The van der Waals surface area contributed by atoms with Crippen LogP contribution in [0.15, 0.2) is 42.7 Å². The van der Waals surface area contributed by atoms with Gasteiger partial charge in [0.2, 0.25) is 0 Å². The summed E-state index contributed by atoms with van der Waals surface area (Å²) in [6.07, 6.45) is 4.07. The summed E-state index contributed by atoms with van der Waals surface area (Å²) in [7, 11) is 0. The number of hydrogen-bond donors (Lipinski definition) is 1. The lowest BCUT2D eigenvalue weighted by Gasteiger charge is -2.07. The van der Waals surface area contributed by atoms with Crippen LogP contribution in [-0.4, -0.2) is 4.57 Å². The van der Waals surface area contributed by atoms with Gasteiger partial charge in [-0.3, -0.25) is 0 Å². The third-order valence-corrected chi connectivity index (χ3v) is 2.26.